The number of carbonyl (C=O) groups is 2. The first kappa shape index (κ1) is 14.7. The maximum Gasteiger partial charge on any atom is 0.341 e. The number of hydrogen-bond acceptors (Lipinski definition) is 5. The third-order valence-corrected chi connectivity index (χ3v) is 3.19. The minimum Gasteiger partial charge on any atom is -0.462 e. The molecule has 1 rings (SSSR count). The van der Waals surface area contributed by atoms with Gasteiger partial charge < -0.3 is 15.4 Å². The van der Waals surface area contributed by atoms with Crippen molar-refractivity contribution in [3.63, 3.8) is 0 Å². The molecule has 0 fully saturated rings. The summed E-state index contributed by atoms with van der Waals surface area (Å²) in [6.45, 7) is 4.48. The second-order valence-electron chi connectivity index (χ2n) is 3.83. The Balaban J connectivity index is 2.70. The first-order valence-corrected chi connectivity index (χ1v) is 6.68. The Labute approximate surface area is 111 Å². The predicted octanol–water partition coefficient (Wildman–Crippen LogP) is 1.72. The van der Waals surface area contributed by atoms with Crippen molar-refractivity contribution in [1.29, 1.82) is 0 Å². The summed E-state index contributed by atoms with van der Waals surface area (Å²) in [5.74, 6) is -0.681. The summed E-state index contributed by atoms with van der Waals surface area (Å²) < 4.78 is 4.92. The van der Waals surface area contributed by atoms with Gasteiger partial charge in [0.15, 0.2) is 0 Å². The second kappa shape index (κ2) is 7.13. The van der Waals surface area contributed by atoms with Crippen LogP contribution in [0.3, 0.4) is 0 Å². The molecule has 18 heavy (non-hydrogen) atoms. The van der Waals surface area contributed by atoms with Crippen LogP contribution >= 0.6 is 11.3 Å². The number of ether oxygens (including phenoxy) is 1. The van der Waals surface area contributed by atoms with Crippen molar-refractivity contribution in [2.75, 3.05) is 25.5 Å². The first-order valence-electron chi connectivity index (χ1n) is 5.80. The van der Waals surface area contributed by atoms with Crippen molar-refractivity contribution in [2.24, 2.45) is 5.92 Å². The lowest BCUT2D eigenvalue weighted by Gasteiger charge is -2.11. The van der Waals surface area contributed by atoms with Crippen LogP contribution in [-0.4, -0.2) is 32.1 Å². The Morgan fingerprint density at radius 3 is 2.83 bits per heavy atom. The van der Waals surface area contributed by atoms with Crippen LogP contribution in [0.4, 0.5) is 5.00 Å². The van der Waals surface area contributed by atoms with E-state index in [4.69, 9.17) is 4.74 Å². The van der Waals surface area contributed by atoms with Gasteiger partial charge in [0, 0.05) is 12.5 Å². The van der Waals surface area contributed by atoms with Gasteiger partial charge in [0.1, 0.15) is 5.00 Å². The molecule has 5 nitrogen and oxygen atoms in total. The normalized spacial score (nSPS) is 11.9. The van der Waals surface area contributed by atoms with E-state index in [9.17, 15) is 9.59 Å². The topological polar surface area (TPSA) is 67.4 Å². The highest BCUT2D eigenvalue weighted by atomic mass is 32.1. The molecule has 100 valence electrons. The number of anilines is 1. The molecular formula is C12H18N2O3S. The van der Waals surface area contributed by atoms with Gasteiger partial charge in [-0.2, -0.15) is 0 Å². The lowest BCUT2D eigenvalue weighted by molar-refractivity contribution is -0.119. The fourth-order valence-electron chi connectivity index (χ4n) is 1.41. The molecule has 0 saturated carbocycles. The number of thiophene rings is 1. The maximum atomic E-state index is 11.8. The summed E-state index contributed by atoms with van der Waals surface area (Å²) in [5.41, 5.74) is 0.409. The average molecular weight is 270 g/mol. The molecule has 0 bridgehead atoms. The van der Waals surface area contributed by atoms with E-state index in [1.807, 2.05) is 6.92 Å². The van der Waals surface area contributed by atoms with Crippen LogP contribution in [0.25, 0.3) is 0 Å². The zero-order chi connectivity index (χ0) is 13.5. The molecule has 1 atom stereocenters. The van der Waals surface area contributed by atoms with Gasteiger partial charge in [-0.05, 0) is 25.4 Å². The summed E-state index contributed by atoms with van der Waals surface area (Å²) in [6, 6.07) is 1.65. The van der Waals surface area contributed by atoms with Gasteiger partial charge in [0.2, 0.25) is 5.91 Å². The van der Waals surface area contributed by atoms with Crippen LogP contribution in [-0.2, 0) is 9.53 Å². The van der Waals surface area contributed by atoms with E-state index in [1.54, 1.807) is 25.4 Å². The summed E-state index contributed by atoms with van der Waals surface area (Å²) in [6.07, 6.45) is 0. The van der Waals surface area contributed by atoms with E-state index in [2.05, 4.69) is 10.6 Å². The number of esters is 1. The summed E-state index contributed by atoms with van der Waals surface area (Å²) in [5, 5.41) is 7.99. The molecule has 1 aromatic rings. The predicted molar refractivity (Wildman–Crippen MR) is 72.0 cm³/mol. The third-order valence-electron chi connectivity index (χ3n) is 2.36. The molecule has 0 spiro atoms. The zero-order valence-corrected chi connectivity index (χ0v) is 11.6. The van der Waals surface area contributed by atoms with Crippen molar-refractivity contribution in [3.8, 4) is 0 Å². The molecule has 2 N–H and O–H groups in total. The largest absolute Gasteiger partial charge is 0.462 e. The molecule has 1 aromatic heterocycles. The van der Waals surface area contributed by atoms with E-state index < -0.39 is 5.97 Å². The van der Waals surface area contributed by atoms with Crippen molar-refractivity contribution < 1.29 is 14.3 Å². The highest BCUT2D eigenvalue weighted by molar-refractivity contribution is 7.14. The van der Waals surface area contributed by atoms with Gasteiger partial charge in [-0.15, -0.1) is 11.3 Å². The molecule has 0 aliphatic carbocycles. The molecule has 1 unspecified atom stereocenters. The van der Waals surface area contributed by atoms with Crippen molar-refractivity contribution in [1.82, 2.24) is 5.32 Å². The minimum absolute atomic E-state index is 0.114. The van der Waals surface area contributed by atoms with Crippen molar-refractivity contribution in [2.45, 2.75) is 13.8 Å². The van der Waals surface area contributed by atoms with Crippen LogP contribution in [0.1, 0.15) is 24.2 Å². The van der Waals surface area contributed by atoms with Gasteiger partial charge in [-0.3, -0.25) is 4.79 Å². The fourth-order valence-corrected chi connectivity index (χ4v) is 2.19. The van der Waals surface area contributed by atoms with Crippen LogP contribution in [0, 0.1) is 5.92 Å². The van der Waals surface area contributed by atoms with E-state index in [-0.39, 0.29) is 11.8 Å². The molecule has 0 aliphatic rings. The average Bonchev–Trinajstić information content (AvgIpc) is 2.77. The van der Waals surface area contributed by atoms with Crippen molar-refractivity contribution >= 4 is 28.2 Å². The number of hydrogen-bond donors (Lipinski definition) is 2. The van der Waals surface area contributed by atoms with E-state index in [0.29, 0.717) is 23.7 Å². The summed E-state index contributed by atoms with van der Waals surface area (Å²) >= 11 is 1.31. The SMILES string of the molecule is CCOC(=O)c1ccsc1NC(=O)C(C)CNC. The smallest absolute Gasteiger partial charge is 0.341 e. The Hall–Kier alpha value is -1.40. The quantitative estimate of drug-likeness (QED) is 0.772. The highest BCUT2D eigenvalue weighted by Crippen LogP contribution is 2.24. The van der Waals surface area contributed by atoms with Crippen molar-refractivity contribution in [3.05, 3.63) is 17.0 Å². The Kier molecular flexibility index (Phi) is 5.80. The molecule has 1 heterocycles. The monoisotopic (exact) mass is 270 g/mol. The number of rotatable bonds is 6. The maximum absolute atomic E-state index is 11.8. The molecule has 0 aromatic carbocycles. The lowest BCUT2D eigenvalue weighted by Crippen LogP contribution is -2.28. The van der Waals surface area contributed by atoms with Crippen LogP contribution in [0.5, 0.6) is 0 Å². The molecular weight excluding hydrogens is 252 g/mol. The fraction of sp³-hybridized carbons (Fsp3) is 0.500. The van der Waals surface area contributed by atoms with Crippen LogP contribution < -0.4 is 10.6 Å². The third kappa shape index (κ3) is 3.82. The van der Waals surface area contributed by atoms with Gasteiger partial charge in [0.25, 0.3) is 0 Å². The number of nitrogens with one attached hydrogen (secondary N) is 2. The summed E-state index contributed by atoms with van der Waals surface area (Å²) in [4.78, 5) is 23.5. The van der Waals surface area contributed by atoms with Gasteiger partial charge in [-0.1, -0.05) is 6.92 Å². The van der Waals surface area contributed by atoms with Gasteiger partial charge in [0.05, 0.1) is 12.2 Å². The number of carbonyl (C=O) groups excluding carboxylic acids is 2. The van der Waals surface area contributed by atoms with Gasteiger partial charge in [-0.25, -0.2) is 4.79 Å². The van der Waals surface area contributed by atoms with Gasteiger partial charge >= 0.3 is 5.97 Å². The molecule has 0 saturated heterocycles. The zero-order valence-electron chi connectivity index (χ0n) is 10.8. The van der Waals surface area contributed by atoms with Crippen LogP contribution in [0.15, 0.2) is 11.4 Å². The standard InChI is InChI=1S/C12H18N2O3S/c1-4-17-12(16)9-5-6-18-11(9)14-10(15)8(2)7-13-3/h5-6,8,13H,4,7H2,1-3H3,(H,14,15). The second-order valence-corrected chi connectivity index (χ2v) is 4.75. The minimum atomic E-state index is -0.407. The Bertz CT molecular complexity index is 417. The molecule has 6 heteroatoms. The Morgan fingerprint density at radius 2 is 2.22 bits per heavy atom. The summed E-state index contributed by atoms with van der Waals surface area (Å²) in [7, 11) is 1.79. The number of amides is 1. The lowest BCUT2D eigenvalue weighted by atomic mass is 10.1. The molecule has 1 amide bonds. The van der Waals surface area contributed by atoms with E-state index >= 15 is 0 Å². The Morgan fingerprint density at radius 1 is 1.50 bits per heavy atom. The first-order chi connectivity index (χ1) is 8.60. The molecule has 0 radical (unpaired) electrons. The van der Waals surface area contributed by atoms with E-state index in [1.165, 1.54) is 11.3 Å². The molecule has 0 aliphatic heterocycles. The highest BCUT2D eigenvalue weighted by Gasteiger charge is 2.18. The van der Waals surface area contributed by atoms with E-state index in [0.717, 1.165) is 0 Å². The van der Waals surface area contributed by atoms with Crippen LogP contribution in [0.2, 0.25) is 0 Å².